The van der Waals surface area contributed by atoms with E-state index in [4.69, 9.17) is 0 Å². The van der Waals surface area contributed by atoms with E-state index >= 15 is 0 Å². The average molecular weight is 363 g/mol. The van der Waals surface area contributed by atoms with Crippen LogP contribution in [0.5, 0.6) is 0 Å². The molecule has 0 saturated heterocycles. The minimum atomic E-state index is -0.779. The molecule has 2 N–H and O–H groups in total. The summed E-state index contributed by atoms with van der Waals surface area (Å²) in [7, 11) is 1.14. The summed E-state index contributed by atoms with van der Waals surface area (Å²) in [4.78, 5) is 45.9. The number of hydrogen-bond acceptors (Lipinski definition) is 6. The zero-order valence-electron chi connectivity index (χ0n) is 14.4. The Kier molecular flexibility index (Phi) is 6.65. The predicted octanol–water partition coefficient (Wildman–Crippen LogP) is 1.56. The number of carbonyl (C=O) groups excluding carboxylic acids is 3. The highest BCUT2D eigenvalue weighted by atomic mass is 16.6. The SMILES string of the molecule is COC(=O)c1cc(C(=O)NCCC(=O)NC2CCCC2)cc([N+](=O)[O-])c1. The van der Waals surface area contributed by atoms with Gasteiger partial charge in [0.25, 0.3) is 11.6 Å². The second kappa shape index (κ2) is 8.93. The summed E-state index contributed by atoms with van der Waals surface area (Å²) in [6.45, 7) is 0.0909. The summed E-state index contributed by atoms with van der Waals surface area (Å²) in [6, 6.07) is 3.53. The Morgan fingerprint density at radius 2 is 1.85 bits per heavy atom. The van der Waals surface area contributed by atoms with Crippen molar-refractivity contribution < 1.29 is 24.0 Å². The molecule has 1 saturated carbocycles. The lowest BCUT2D eigenvalue weighted by atomic mass is 10.1. The summed E-state index contributed by atoms with van der Waals surface area (Å²) < 4.78 is 4.54. The van der Waals surface area contributed by atoms with Crippen LogP contribution in [0.15, 0.2) is 18.2 Å². The fourth-order valence-corrected chi connectivity index (χ4v) is 2.84. The second-order valence-corrected chi connectivity index (χ2v) is 6.07. The predicted molar refractivity (Wildman–Crippen MR) is 91.8 cm³/mol. The third-order valence-corrected chi connectivity index (χ3v) is 4.17. The first-order valence-electron chi connectivity index (χ1n) is 8.36. The minimum absolute atomic E-state index is 0.0456. The smallest absolute Gasteiger partial charge is 0.338 e. The van der Waals surface area contributed by atoms with Crippen LogP contribution < -0.4 is 10.6 Å². The van der Waals surface area contributed by atoms with Crippen molar-refractivity contribution in [1.29, 1.82) is 0 Å². The zero-order valence-corrected chi connectivity index (χ0v) is 14.4. The monoisotopic (exact) mass is 363 g/mol. The van der Waals surface area contributed by atoms with Gasteiger partial charge >= 0.3 is 5.97 Å². The van der Waals surface area contributed by atoms with E-state index in [1.807, 2.05) is 0 Å². The van der Waals surface area contributed by atoms with Gasteiger partial charge in [-0.1, -0.05) is 12.8 Å². The first kappa shape index (κ1) is 19.4. The second-order valence-electron chi connectivity index (χ2n) is 6.07. The molecule has 0 aliphatic heterocycles. The lowest BCUT2D eigenvalue weighted by Crippen LogP contribution is -2.35. The van der Waals surface area contributed by atoms with Crippen LogP contribution in [0.25, 0.3) is 0 Å². The fourth-order valence-electron chi connectivity index (χ4n) is 2.84. The summed E-state index contributed by atoms with van der Waals surface area (Å²) in [5.74, 6) is -1.53. The topological polar surface area (TPSA) is 128 Å². The van der Waals surface area contributed by atoms with Gasteiger partial charge < -0.3 is 15.4 Å². The molecule has 0 radical (unpaired) electrons. The molecule has 1 aliphatic rings. The summed E-state index contributed by atoms with van der Waals surface area (Å²) in [5, 5.41) is 16.4. The van der Waals surface area contributed by atoms with Gasteiger partial charge in [-0.2, -0.15) is 0 Å². The molecule has 9 nitrogen and oxygen atoms in total. The van der Waals surface area contributed by atoms with Crippen molar-refractivity contribution in [2.75, 3.05) is 13.7 Å². The van der Waals surface area contributed by atoms with E-state index in [1.165, 1.54) is 6.07 Å². The Bertz CT molecular complexity index is 712. The number of rotatable bonds is 7. The Hall–Kier alpha value is -2.97. The van der Waals surface area contributed by atoms with Crippen molar-refractivity contribution in [2.45, 2.75) is 38.1 Å². The van der Waals surface area contributed by atoms with E-state index < -0.39 is 22.5 Å². The van der Waals surface area contributed by atoms with Gasteiger partial charge in [-0.25, -0.2) is 4.79 Å². The number of nitrogens with one attached hydrogen (secondary N) is 2. The molecule has 0 atom stereocenters. The molecule has 1 aliphatic carbocycles. The molecule has 9 heteroatoms. The number of carbonyl (C=O) groups is 3. The molecule has 1 aromatic carbocycles. The lowest BCUT2D eigenvalue weighted by molar-refractivity contribution is -0.384. The third kappa shape index (κ3) is 5.27. The Morgan fingerprint density at radius 3 is 2.46 bits per heavy atom. The molecule has 2 rings (SSSR count). The van der Waals surface area contributed by atoms with E-state index in [2.05, 4.69) is 15.4 Å². The van der Waals surface area contributed by atoms with Crippen molar-refractivity contribution in [3.63, 3.8) is 0 Å². The number of hydrogen-bond donors (Lipinski definition) is 2. The van der Waals surface area contributed by atoms with Crippen LogP contribution >= 0.6 is 0 Å². The highest BCUT2D eigenvalue weighted by molar-refractivity contribution is 5.99. The molecule has 140 valence electrons. The van der Waals surface area contributed by atoms with Crippen molar-refractivity contribution in [3.05, 3.63) is 39.4 Å². The summed E-state index contributed by atoms with van der Waals surface area (Å²) >= 11 is 0. The van der Waals surface area contributed by atoms with Gasteiger partial charge in [-0.3, -0.25) is 19.7 Å². The molecule has 2 amide bonds. The van der Waals surface area contributed by atoms with E-state index in [-0.39, 0.29) is 36.0 Å². The Balaban J connectivity index is 1.95. The fraction of sp³-hybridized carbons (Fsp3) is 0.471. The Morgan fingerprint density at radius 1 is 1.19 bits per heavy atom. The van der Waals surface area contributed by atoms with Crippen molar-refractivity contribution in [1.82, 2.24) is 10.6 Å². The van der Waals surface area contributed by atoms with Crippen LogP contribution in [0.2, 0.25) is 0 Å². The van der Waals surface area contributed by atoms with E-state index in [0.717, 1.165) is 44.9 Å². The highest BCUT2D eigenvalue weighted by Gasteiger charge is 2.19. The number of ether oxygens (including phenoxy) is 1. The lowest BCUT2D eigenvalue weighted by Gasteiger charge is -2.12. The molecular weight excluding hydrogens is 342 g/mol. The van der Waals surface area contributed by atoms with E-state index in [0.29, 0.717) is 0 Å². The third-order valence-electron chi connectivity index (χ3n) is 4.17. The number of nitro groups is 1. The van der Waals surface area contributed by atoms with Crippen LogP contribution in [-0.2, 0) is 9.53 Å². The molecule has 0 bridgehead atoms. The molecular formula is C17H21N3O6. The standard InChI is InChI=1S/C17H21N3O6/c1-26-17(23)12-8-11(9-14(10-12)20(24)25)16(22)18-7-6-15(21)19-13-4-2-3-5-13/h8-10,13H,2-7H2,1H3,(H,18,22)(H,19,21). The van der Waals surface area contributed by atoms with Gasteiger partial charge in [0, 0.05) is 36.7 Å². The van der Waals surface area contributed by atoms with E-state index in [9.17, 15) is 24.5 Å². The molecule has 0 aromatic heterocycles. The van der Waals surface area contributed by atoms with Crippen LogP contribution in [0, 0.1) is 10.1 Å². The number of nitro benzene ring substituents is 1. The first-order valence-corrected chi connectivity index (χ1v) is 8.36. The van der Waals surface area contributed by atoms with Crippen molar-refractivity contribution in [3.8, 4) is 0 Å². The molecule has 26 heavy (non-hydrogen) atoms. The number of esters is 1. The average Bonchev–Trinajstić information content (AvgIpc) is 3.13. The van der Waals surface area contributed by atoms with Crippen LogP contribution in [0.4, 0.5) is 5.69 Å². The first-order chi connectivity index (χ1) is 12.4. The largest absolute Gasteiger partial charge is 0.465 e. The van der Waals surface area contributed by atoms with E-state index in [1.54, 1.807) is 0 Å². The number of methoxy groups -OCH3 is 1. The van der Waals surface area contributed by atoms with Crippen molar-refractivity contribution in [2.24, 2.45) is 0 Å². The quantitative estimate of drug-likeness (QED) is 0.430. The molecule has 0 unspecified atom stereocenters. The summed E-state index contributed by atoms with van der Waals surface area (Å²) in [5.41, 5.74) is -0.529. The minimum Gasteiger partial charge on any atom is -0.465 e. The van der Waals surface area contributed by atoms with Gasteiger partial charge in [0.05, 0.1) is 17.6 Å². The number of benzene rings is 1. The number of nitrogens with zero attached hydrogens (tertiary/aromatic N) is 1. The van der Waals surface area contributed by atoms with Gasteiger partial charge in [0.2, 0.25) is 5.91 Å². The highest BCUT2D eigenvalue weighted by Crippen LogP contribution is 2.19. The van der Waals surface area contributed by atoms with Crippen LogP contribution in [0.1, 0.15) is 52.8 Å². The van der Waals surface area contributed by atoms with Gasteiger partial charge in [-0.05, 0) is 18.9 Å². The maximum atomic E-state index is 12.2. The van der Waals surface area contributed by atoms with Crippen LogP contribution in [0.3, 0.4) is 0 Å². The van der Waals surface area contributed by atoms with Crippen LogP contribution in [-0.4, -0.2) is 42.4 Å². The Labute approximate surface area is 150 Å². The molecule has 0 heterocycles. The van der Waals surface area contributed by atoms with Gasteiger partial charge in [-0.15, -0.1) is 0 Å². The molecule has 1 aromatic rings. The molecule has 0 spiro atoms. The van der Waals surface area contributed by atoms with Gasteiger partial charge in [0.1, 0.15) is 0 Å². The van der Waals surface area contributed by atoms with Crippen molar-refractivity contribution >= 4 is 23.5 Å². The normalized spacial score (nSPS) is 13.9. The number of amides is 2. The zero-order chi connectivity index (χ0) is 19.1. The maximum Gasteiger partial charge on any atom is 0.338 e. The number of non-ortho nitro benzene ring substituents is 1. The molecule has 1 fully saturated rings. The van der Waals surface area contributed by atoms with Gasteiger partial charge in [0.15, 0.2) is 0 Å². The maximum absolute atomic E-state index is 12.2. The summed E-state index contributed by atoms with van der Waals surface area (Å²) in [6.07, 6.45) is 4.28.